The molecule has 4 atom stereocenters. The van der Waals surface area contributed by atoms with Gasteiger partial charge >= 0.3 is 0 Å². The Bertz CT molecular complexity index is 792. The highest BCUT2D eigenvalue weighted by atomic mass is 16.5. The summed E-state index contributed by atoms with van der Waals surface area (Å²) in [5, 5.41) is 6.19. The maximum Gasteiger partial charge on any atom is 0.238 e. The van der Waals surface area contributed by atoms with E-state index in [0.717, 1.165) is 49.7 Å². The van der Waals surface area contributed by atoms with Gasteiger partial charge in [-0.15, -0.1) is 0 Å². The van der Waals surface area contributed by atoms with E-state index in [-0.39, 0.29) is 24.0 Å². The van der Waals surface area contributed by atoms with Crippen LogP contribution in [0.2, 0.25) is 0 Å². The number of ether oxygens (including phenoxy) is 1. The van der Waals surface area contributed by atoms with Crippen LogP contribution in [0.4, 0.5) is 5.69 Å². The molecule has 6 heteroatoms. The summed E-state index contributed by atoms with van der Waals surface area (Å²) in [5.41, 5.74) is 3.18. The molecule has 6 nitrogen and oxygen atoms in total. The SMILES string of the molecule is CC(=O)N[C@@H]1C[C@@H]2CN(CC(=O)Nc3ccc(C)cc3C)C[C@@H]2C[C@H]1OCC1CC1. The molecule has 1 aromatic carbocycles. The molecule has 2 aliphatic carbocycles. The third kappa shape index (κ3) is 5.41. The third-order valence-electron chi connectivity index (χ3n) is 6.85. The number of carbonyl (C=O) groups is 2. The second kappa shape index (κ2) is 9.06. The van der Waals surface area contributed by atoms with Gasteiger partial charge in [0.05, 0.1) is 18.7 Å². The Balaban J connectivity index is 1.32. The topological polar surface area (TPSA) is 70.7 Å². The van der Waals surface area contributed by atoms with Crippen LogP contribution in [0.3, 0.4) is 0 Å². The summed E-state index contributed by atoms with van der Waals surface area (Å²) in [5.74, 6) is 1.82. The van der Waals surface area contributed by atoms with Crippen LogP contribution in [-0.4, -0.2) is 55.1 Å². The molecule has 2 saturated carbocycles. The lowest BCUT2D eigenvalue weighted by Crippen LogP contribution is -2.50. The van der Waals surface area contributed by atoms with Gasteiger partial charge in [-0.2, -0.15) is 0 Å². The average Bonchev–Trinajstić information content (AvgIpc) is 3.41. The Morgan fingerprint density at radius 1 is 1.13 bits per heavy atom. The fourth-order valence-corrected chi connectivity index (χ4v) is 5.13. The summed E-state index contributed by atoms with van der Waals surface area (Å²) >= 11 is 0. The molecule has 3 fully saturated rings. The van der Waals surface area contributed by atoms with Gasteiger partial charge in [-0.3, -0.25) is 14.5 Å². The molecule has 0 aromatic heterocycles. The van der Waals surface area contributed by atoms with Crippen molar-refractivity contribution in [1.82, 2.24) is 10.2 Å². The van der Waals surface area contributed by atoms with Gasteiger partial charge in [-0.1, -0.05) is 17.7 Å². The van der Waals surface area contributed by atoms with Crippen LogP contribution in [0.5, 0.6) is 0 Å². The quantitative estimate of drug-likeness (QED) is 0.721. The van der Waals surface area contributed by atoms with Crippen LogP contribution >= 0.6 is 0 Å². The molecule has 3 aliphatic rings. The molecule has 30 heavy (non-hydrogen) atoms. The van der Waals surface area contributed by atoms with Gasteiger partial charge in [-0.05, 0) is 68.9 Å². The van der Waals surface area contributed by atoms with E-state index in [9.17, 15) is 9.59 Å². The van der Waals surface area contributed by atoms with E-state index in [4.69, 9.17) is 4.74 Å². The lowest BCUT2D eigenvalue weighted by molar-refractivity contribution is -0.122. The van der Waals surface area contributed by atoms with Crippen LogP contribution in [0, 0.1) is 31.6 Å². The first-order chi connectivity index (χ1) is 14.4. The van der Waals surface area contributed by atoms with Crippen molar-refractivity contribution in [1.29, 1.82) is 0 Å². The van der Waals surface area contributed by atoms with Gasteiger partial charge in [-0.25, -0.2) is 0 Å². The number of rotatable bonds is 7. The van der Waals surface area contributed by atoms with Gasteiger partial charge in [0.1, 0.15) is 0 Å². The van der Waals surface area contributed by atoms with E-state index < -0.39 is 0 Å². The maximum absolute atomic E-state index is 12.6. The number of hydrogen-bond donors (Lipinski definition) is 2. The normalized spacial score (nSPS) is 28.8. The van der Waals surface area contributed by atoms with Gasteiger partial charge in [0.2, 0.25) is 11.8 Å². The summed E-state index contributed by atoms with van der Waals surface area (Å²) < 4.78 is 6.23. The molecule has 0 spiro atoms. The largest absolute Gasteiger partial charge is 0.376 e. The fraction of sp³-hybridized carbons (Fsp3) is 0.667. The van der Waals surface area contributed by atoms with Crippen molar-refractivity contribution in [3.8, 4) is 0 Å². The highest BCUT2D eigenvalue weighted by Crippen LogP contribution is 2.39. The summed E-state index contributed by atoms with van der Waals surface area (Å²) in [6.07, 6.45) is 4.55. The molecule has 164 valence electrons. The molecule has 0 radical (unpaired) electrons. The minimum Gasteiger partial charge on any atom is -0.376 e. The molecule has 4 rings (SSSR count). The zero-order valence-corrected chi connectivity index (χ0v) is 18.4. The smallest absolute Gasteiger partial charge is 0.238 e. The van der Waals surface area contributed by atoms with E-state index in [1.165, 1.54) is 18.4 Å². The van der Waals surface area contributed by atoms with Crippen molar-refractivity contribution in [3.05, 3.63) is 29.3 Å². The van der Waals surface area contributed by atoms with Crippen molar-refractivity contribution in [3.63, 3.8) is 0 Å². The van der Waals surface area contributed by atoms with Crippen molar-refractivity contribution in [2.24, 2.45) is 17.8 Å². The summed E-state index contributed by atoms with van der Waals surface area (Å²) in [4.78, 5) is 26.6. The number of likely N-dealkylation sites (tertiary alicyclic amines) is 1. The van der Waals surface area contributed by atoms with E-state index >= 15 is 0 Å². The molecule has 1 heterocycles. The standard InChI is InChI=1S/C24H35N3O3/c1-15-4-7-21(16(2)8-15)26-24(29)13-27-11-19-9-22(25-17(3)28)23(10-20(19)12-27)30-14-18-5-6-18/h4,7-8,18-20,22-23H,5-6,9-14H2,1-3H3,(H,25,28)(H,26,29)/t19-,20+,22-,23-/m1/s1. The van der Waals surface area contributed by atoms with Crippen LogP contribution in [0.25, 0.3) is 0 Å². The minimum absolute atomic E-state index is 0.0150. The number of amides is 2. The van der Waals surface area contributed by atoms with Gasteiger partial charge in [0.15, 0.2) is 0 Å². The maximum atomic E-state index is 12.6. The number of anilines is 1. The number of hydrogen-bond acceptors (Lipinski definition) is 4. The Labute approximate surface area is 179 Å². The second-order valence-corrected chi connectivity index (χ2v) is 9.67. The van der Waals surface area contributed by atoms with Crippen LogP contribution in [-0.2, 0) is 14.3 Å². The predicted molar refractivity (Wildman–Crippen MR) is 117 cm³/mol. The molecule has 2 N–H and O–H groups in total. The molecule has 1 saturated heterocycles. The molecule has 0 unspecified atom stereocenters. The Kier molecular flexibility index (Phi) is 6.44. The van der Waals surface area contributed by atoms with E-state index in [0.29, 0.717) is 18.4 Å². The zero-order valence-electron chi connectivity index (χ0n) is 18.4. The highest BCUT2D eigenvalue weighted by Gasteiger charge is 2.43. The first-order valence-electron chi connectivity index (χ1n) is 11.4. The molecule has 0 bridgehead atoms. The number of fused-ring (bicyclic) bond motifs is 1. The summed E-state index contributed by atoms with van der Waals surface area (Å²) in [6, 6.07) is 6.18. The van der Waals surface area contributed by atoms with Gasteiger partial charge in [0, 0.05) is 32.3 Å². The molecular formula is C24H35N3O3. The number of nitrogens with zero attached hydrogens (tertiary/aromatic N) is 1. The monoisotopic (exact) mass is 413 g/mol. The molecule has 1 aromatic rings. The second-order valence-electron chi connectivity index (χ2n) is 9.67. The Hall–Kier alpha value is -1.92. The number of benzene rings is 1. The van der Waals surface area contributed by atoms with E-state index in [1.807, 2.05) is 19.1 Å². The van der Waals surface area contributed by atoms with Crippen LogP contribution in [0.1, 0.15) is 43.7 Å². The van der Waals surface area contributed by atoms with Crippen molar-refractivity contribution >= 4 is 17.5 Å². The predicted octanol–water partition coefficient (Wildman–Crippen LogP) is 2.88. The highest BCUT2D eigenvalue weighted by molar-refractivity contribution is 5.93. The van der Waals surface area contributed by atoms with Crippen LogP contribution < -0.4 is 10.6 Å². The van der Waals surface area contributed by atoms with E-state index in [1.54, 1.807) is 6.92 Å². The lowest BCUT2D eigenvalue weighted by Gasteiger charge is -2.38. The van der Waals surface area contributed by atoms with Crippen molar-refractivity contribution in [2.45, 2.75) is 58.6 Å². The summed E-state index contributed by atoms with van der Waals surface area (Å²) in [7, 11) is 0. The van der Waals surface area contributed by atoms with Crippen molar-refractivity contribution in [2.75, 3.05) is 31.6 Å². The van der Waals surface area contributed by atoms with Gasteiger partial charge < -0.3 is 15.4 Å². The number of carbonyl (C=O) groups excluding carboxylic acids is 2. The Morgan fingerprint density at radius 2 is 1.87 bits per heavy atom. The average molecular weight is 414 g/mol. The summed E-state index contributed by atoms with van der Waals surface area (Å²) in [6.45, 7) is 8.75. The zero-order chi connectivity index (χ0) is 21.3. The van der Waals surface area contributed by atoms with E-state index in [2.05, 4.69) is 28.5 Å². The van der Waals surface area contributed by atoms with Crippen molar-refractivity contribution < 1.29 is 14.3 Å². The number of nitrogens with one attached hydrogen (secondary N) is 2. The fourth-order valence-electron chi connectivity index (χ4n) is 5.13. The lowest BCUT2D eigenvalue weighted by atomic mass is 9.77. The first-order valence-corrected chi connectivity index (χ1v) is 11.4. The first kappa shape index (κ1) is 21.3. The minimum atomic E-state index is 0.0150. The molecule has 2 amide bonds. The molecular weight excluding hydrogens is 378 g/mol. The number of aryl methyl sites for hydroxylation is 2. The third-order valence-corrected chi connectivity index (χ3v) is 6.85. The van der Waals surface area contributed by atoms with Gasteiger partial charge in [0.25, 0.3) is 0 Å². The van der Waals surface area contributed by atoms with Crippen LogP contribution in [0.15, 0.2) is 18.2 Å². The molecule has 1 aliphatic heterocycles. The Morgan fingerprint density at radius 3 is 2.53 bits per heavy atom.